The topological polar surface area (TPSA) is 90.0 Å². The Morgan fingerprint density at radius 1 is 1.48 bits per heavy atom. The van der Waals surface area contributed by atoms with Crippen molar-refractivity contribution in [1.82, 2.24) is 19.5 Å². The Bertz CT molecular complexity index is 719. The summed E-state index contributed by atoms with van der Waals surface area (Å²) in [5.74, 6) is 1.99. The summed E-state index contributed by atoms with van der Waals surface area (Å²) < 4.78 is 33.7. The van der Waals surface area contributed by atoms with Crippen LogP contribution in [0.3, 0.4) is 0 Å². The van der Waals surface area contributed by atoms with Gasteiger partial charge in [-0.25, -0.2) is 22.8 Å². The maximum atomic E-state index is 12.1. The van der Waals surface area contributed by atoms with Crippen molar-refractivity contribution >= 4 is 10.0 Å². The number of nitrogens with one attached hydrogen (secondary N) is 1. The van der Waals surface area contributed by atoms with E-state index in [1.807, 2.05) is 13.8 Å². The number of sulfonamides is 1. The van der Waals surface area contributed by atoms with Crippen LogP contribution >= 0.6 is 0 Å². The van der Waals surface area contributed by atoms with Gasteiger partial charge in [0.05, 0.1) is 12.8 Å². The molecule has 0 amide bonds. The molecule has 8 heteroatoms. The molecule has 0 saturated heterocycles. The van der Waals surface area contributed by atoms with Gasteiger partial charge in [-0.15, -0.1) is 0 Å². The van der Waals surface area contributed by atoms with Gasteiger partial charge in [0.1, 0.15) is 5.82 Å². The highest BCUT2D eigenvalue weighted by atomic mass is 32.2. The number of fused-ring (bicyclic) bond motifs is 1. The zero-order chi connectivity index (χ0) is 15.0. The van der Waals surface area contributed by atoms with Crippen LogP contribution in [0.2, 0.25) is 0 Å². The van der Waals surface area contributed by atoms with Crippen molar-refractivity contribution in [3.8, 4) is 0 Å². The average Bonchev–Trinajstić information content (AvgIpc) is 3.07. The molecule has 0 aliphatic carbocycles. The number of nitrogens with zero attached hydrogens (tertiary/aromatic N) is 3. The molecule has 0 radical (unpaired) electrons. The van der Waals surface area contributed by atoms with E-state index in [1.165, 1.54) is 12.3 Å². The van der Waals surface area contributed by atoms with E-state index in [-0.39, 0.29) is 17.1 Å². The zero-order valence-corrected chi connectivity index (χ0v) is 12.8. The molecule has 0 bridgehead atoms. The Kier molecular flexibility index (Phi) is 3.58. The van der Waals surface area contributed by atoms with Crippen molar-refractivity contribution < 1.29 is 12.8 Å². The molecule has 0 aromatic carbocycles. The highest BCUT2D eigenvalue weighted by Crippen LogP contribution is 2.18. The summed E-state index contributed by atoms with van der Waals surface area (Å²) in [5.41, 5.74) is 0. The Labute approximate surface area is 123 Å². The molecule has 0 unspecified atom stereocenters. The van der Waals surface area contributed by atoms with Crippen molar-refractivity contribution in [2.45, 2.75) is 50.3 Å². The lowest BCUT2D eigenvalue weighted by molar-refractivity contribution is 0.385. The van der Waals surface area contributed by atoms with E-state index in [0.717, 1.165) is 11.6 Å². The molecule has 1 aliphatic rings. The monoisotopic (exact) mass is 310 g/mol. The number of hydrogen-bond donors (Lipinski definition) is 1. The molecule has 21 heavy (non-hydrogen) atoms. The lowest BCUT2D eigenvalue weighted by Gasteiger charge is -2.22. The predicted molar refractivity (Wildman–Crippen MR) is 75.2 cm³/mol. The molecule has 2 aromatic rings. The smallest absolute Gasteiger partial charge is 0.274 e. The van der Waals surface area contributed by atoms with Gasteiger partial charge in [0.25, 0.3) is 10.0 Å². The maximum absolute atomic E-state index is 12.1. The van der Waals surface area contributed by atoms with Crippen LogP contribution in [0.25, 0.3) is 0 Å². The number of aromatic nitrogens is 3. The van der Waals surface area contributed by atoms with Crippen LogP contribution in [0.15, 0.2) is 27.9 Å². The largest absolute Gasteiger partial charge is 0.452 e. The van der Waals surface area contributed by atoms with Crippen molar-refractivity contribution in [2.75, 3.05) is 0 Å². The fourth-order valence-electron chi connectivity index (χ4n) is 2.36. The van der Waals surface area contributed by atoms with Gasteiger partial charge in [-0.1, -0.05) is 13.8 Å². The lowest BCUT2D eigenvalue weighted by atomic mass is 10.1. The molecule has 1 aliphatic heterocycles. The first-order chi connectivity index (χ1) is 9.95. The Morgan fingerprint density at radius 3 is 2.95 bits per heavy atom. The molecule has 0 saturated carbocycles. The summed E-state index contributed by atoms with van der Waals surface area (Å²) in [6.45, 7) is 4.58. The van der Waals surface area contributed by atoms with Crippen LogP contribution in [0.5, 0.6) is 0 Å². The third-order valence-corrected chi connectivity index (χ3v) is 4.88. The van der Waals surface area contributed by atoms with E-state index >= 15 is 0 Å². The van der Waals surface area contributed by atoms with Gasteiger partial charge >= 0.3 is 0 Å². The zero-order valence-electron chi connectivity index (χ0n) is 12.0. The van der Waals surface area contributed by atoms with Gasteiger partial charge in [0.2, 0.25) is 5.09 Å². The molecule has 3 rings (SSSR count). The molecule has 0 fully saturated rings. The summed E-state index contributed by atoms with van der Waals surface area (Å²) in [4.78, 5) is 4.49. The molecule has 7 nitrogen and oxygen atoms in total. The standard InChI is InChI=1S/C13H18N4O3S/c1-9(2)13-14-11-6-5-10(8-17(11)15-13)16-21(18,19)12-4-3-7-20-12/h3-4,7,9-10,16H,5-6,8H2,1-2H3/t10-/m0/s1. The van der Waals surface area contributed by atoms with Crippen LogP contribution in [0, 0.1) is 0 Å². The van der Waals surface area contributed by atoms with Crippen molar-refractivity contribution in [1.29, 1.82) is 0 Å². The van der Waals surface area contributed by atoms with Gasteiger partial charge in [-0.3, -0.25) is 0 Å². The molecule has 1 N–H and O–H groups in total. The van der Waals surface area contributed by atoms with Gasteiger partial charge in [-0.2, -0.15) is 5.10 Å². The van der Waals surface area contributed by atoms with Crippen molar-refractivity contribution in [2.24, 2.45) is 0 Å². The SMILES string of the molecule is CC(C)c1nc2n(n1)C[C@@H](NS(=O)(=O)c1ccco1)CC2. The number of aryl methyl sites for hydroxylation is 1. The van der Waals surface area contributed by atoms with E-state index < -0.39 is 10.0 Å². The van der Waals surface area contributed by atoms with E-state index in [0.29, 0.717) is 19.4 Å². The summed E-state index contributed by atoms with van der Waals surface area (Å²) in [7, 11) is -3.61. The Balaban J connectivity index is 1.75. The van der Waals surface area contributed by atoms with Gasteiger partial charge in [0.15, 0.2) is 5.82 Å². The first-order valence-electron chi connectivity index (χ1n) is 6.95. The summed E-state index contributed by atoms with van der Waals surface area (Å²) in [6.07, 6.45) is 2.76. The molecule has 0 spiro atoms. The van der Waals surface area contributed by atoms with Crippen LogP contribution in [-0.4, -0.2) is 29.2 Å². The van der Waals surface area contributed by atoms with E-state index in [9.17, 15) is 8.42 Å². The molecular weight excluding hydrogens is 292 g/mol. The van der Waals surface area contributed by atoms with E-state index in [1.54, 1.807) is 10.7 Å². The predicted octanol–water partition coefficient (Wildman–Crippen LogP) is 1.29. The lowest BCUT2D eigenvalue weighted by Crippen LogP contribution is -2.41. The van der Waals surface area contributed by atoms with Crippen LogP contribution in [0.4, 0.5) is 0 Å². The number of hydrogen-bond acceptors (Lipinski definition) is 5. The molecule has 3 heterocycles. The summed E-state index contributed by atoms with van der Waals surface area (Å²) in [5, 5.41) is 4.38. The normalized spacial score (nSPS) is 18.9. The highest BCUT2D eigenvalue weighted by Gasteiger charge is 2.27. The Hall–Kier alpha value is -1.67. The van der Waals surface area contributed by atoms with Gasteiger partial charge in [0, 0.05) is 18.4 Å². The molecule has 1 atom stereocenters. The maximum Gasteiger partial charge on any atom is 0.274 e. The first kappa shape index (κ1) is 14.3. The van der Waals surface area contributed by atoms with Crippen LogP contribution in [0.1, 0.15) is 37.8 Å². The third kappa shape index (κ3) is 2.86. The van der Waals surface area contributed by atoms with Gasteiger partial charge < -0.3 is 4.42 Å². The molecule has 2 aromatic heterocycles. The second-order valence-corrected chi connectivity index (χ2v) is 7.16. The molecular formula is C13H18N4O3S. The van der Waals surface area contributed by atoms with E-state index in [2.05, 4.69) is 14.8 Å². The highest BCUT2D eigenvalue weighted by molar-refractivity contribution is 7.89. The summed E-state index contributed by atoms with van der Waals surface area (Å²) >= 11 is 0. The fraction of sp³-hybridized carbons (Fsp3) is 0.538. The van der Waals surface area contributed by atoms with Crippen LogP contribution in [-0.2, 0) is 23.0 Å². The minimum absolute atomic E-state index is 0.0604. The van der Waals surface area contributed by atoms with Gasteiger partial charge in [-0.05, 0) is 18.6 Å². The van der Waals surface area contributed by atoms with Crippen molar-refractivity contribution in [3.05, 3.63) is 30.0 Å². The van der Waals surface area contributed by atoms with Crippen molar-refractivity contribution in [3.63, 3.8) is 0 Å². The minimum atomic E-state index is -3.61. The van der Waals surface area contributed by atoms with Crippen LogP contribution < -0.4 is 4.72 Å². The second-order valence-electron chi connectivity index (χ2n) is 5.51. The van der Waals surface area contributed by atoms with E-state index in [4.69, 9.17) is 4.42 Å². The summed E-state index contributed by atoms with van der Waals surface area (Å²) in [6, 6.07) is 2.79. The average molecular weight is 310 g/mol. The molecule has 114 valence electrons. The quantitative estimate of drug-likeness (QED) is 0.919. The first-order valence-corrected chi connectivity index (χ1v) is 8.43. The minimum Gasteiger partial charge on any atom is -0.452 e. The third-order valence-electron chi connectivity index (χ3n) is 3.47. The Morgan fingerprint density at radius 2 is 2.29 bits per heavy atom. The fourth-order valence-corrected chi connectivity index (χ4v) is 3.55. The number of rotatable bonds is 4. The second kappa shape index (κ2) is 5.27. The number of furan rings is 1.